The second kappa shape index (κ2) is 7.73. The lowest BCUT2D eigenvalue weighted by Crippen LogP contribution is -2.13. The Bertz CT molecular complexity index is 1130. The highest BCUT2D eigenvalue weighted by Crippen LogP contribution is 2.24. The molecule has 6 nitrogen and oxygen atoms in total. The predicted octanol–water partition coefficient (Wildman–Crippen LogP) is 5.01. The number of amides is 1. The Labute approximate surface area is 174 Å². The van der Waals surface area contributed by atoms with Gasteiger partial charge in [0.15, 0.2) is 5.69 Å². The van der Waals surface area contributed by atoms with Crippen molar-refractivity contribution in [3.63, 3.8) is 0 Å². The van der Waals surface area contributed by atoms with Gasteiger partial charge < -0.3 is 5.32 Å². The molecular weight excluding hydrogens is 438 g/mol. The molecule has 4 aromatic rings. The monoisotopic (exact) mass is 455 g/mol. The lowest BCUT2D eigenvalue weighted by molar-refractivity contribution is 0.102. The maximum atomic E-state index is 12.6. The van der Waals surface area contributed by atoms with E-state index < -0.39 is 0 Å². The van der Waals surface area contributed by atoms with E-state index in [4.69, 9.17) is 0 Å². The minimum atomic E-state index is -0.245. The first-order valence-corrected chi connectivity index (χ1v) is 10.4. The van der Waals surface area contributed by atoms with Crippen LogP contribution in [0.2, 0.25) is 0 Å². The van der Waals surface area contributed by atoms with Gasteiger partial charge in [-0.25, -0.2) is 0 Å². The average Bonchev–Trinajstić information content (AvgIpc) is 3.41. The van der Waals surface area contributed by atoms with Gasteiger partial charge in [-0.05, 0) is 65.0 Å². The Morgan fingerprint density at radius 2 is 2.11 bits per heavy atom. The van der Waals surface area contributed by atoms with Gasteiger partial charge in [0, 0.05) is 5.69 Å². The van der Waals surface area contributed by atoms with E-state index in [-0.39, 0.29) is 5.91 Å². The summed E-state index contributed by atoms with van der Waals surface area (Å²) in [6, 6.07) is 13.5. The highest BCUT2D eigenvalue weighted by Gasteiger charge is 2.13. The smallest absolute Gasteiger partial charge is 0.276 e. The number of hydrogen-bond donors (Lipinski definition) is 2. The van der Waals surface area contributed by atoms with E-state index in [1.807, 2.05) is 60.3 Å². The molecule has 1 aromatic carbocycles. The van der Waals surface area contributed by atoms with Crippen LogP contribution in [0.1, 0.15) is 27.4 Å². The molecule has 3 aromatic heterocycles. The highest BCUT2D eigenvalue weighted by atomic mass is 79.9. The second-order valence-corrected chi connectivity index (χ2v) is 8.18. The summed E-state index contributed by atoms with van der Waals surface area (Å²) in [7, 11) is 0. The van der Waals surface area contributed by atoms with Gasteiger partial charge in [0.1, 0.15) is 0 Å². The van der Waals surface area contributed by atoms with Crippen molar-refractivity contribution in [2.45, 2.75) is 20.4 Å². The molecule has 0 radical (unpaired) electrons. The predicted molar refractivity (Wildman–Crippen MR) is 115 cm³/mol. The Hall–Kier alpha value is -2.71. The van der Waals surface area contributed by atoms with Gasteiger partial charge in [0.05, 0.1) is 33.0 Å². The summed E-state index contributed by atoms with van der Waals surface area (Å²) < 4.78 is 2.97. The number of aromatic amines is 1. The van der Waals surface area contributed by atoms with Gasteiger partial charge >= 0.3 is 0 Å². The number of anilines is 1. The van der Waals surface area contributed by atoms with E-state index >= 15 is 0 Å². The molecule has 4 rings (SSSR count). The number of nitrogens with zero attached hydrogens (tertiary/aromatic N) is 3. The number of carbonyl (C=O) groups is 1. The van der Waals surface area contributed by atoms with E-state index in [1.165, 1.54) is 0 Å². The summed E-state index contributed by atoms with van der Waals surface area (Å²) in [6.45, 7) is 4.63. The fraction of sp³-hybridized carbons (Fsp3) is 0.150. The quantitative estimate of drug-likeness (QED) is 0.443. The molecule has 0 aliphatic heterocycles. The first-order valence-electron chi connectivity index (χ1n) is 8.70. The van der Waals surface area contributed by atoms with Crippen LogP contribution in [0, 0.1) is 13.8 Å². The van der Waals surface area contributed by atoms with Crippen LogP contribution in [0.4, 0.5) is 5.69 Å². The molecule has 0 atom stereocenters. The number of benzene rings is 1. The van der Waals surface area contributed by atoms with Gasteiger partial charge in [-0.1, -0.05) is 18.2 Å². The van der Waals surface area contributed by atoms with Gasteiger partial charge in [-0.2, -0.15) is 10.2 Å². The molecule has 0 saturated heterocycles. The molecule has 0 spiro atoms. The maximum absolute atomic E-state index is 12.6. The van der Waals surface area contributed by atoms with E-state index in [2.05, 4.69) is 36.5 Å². The minimum Gasteiger partial charge on any atom is -0.321 e. The summed E-state index contributed by atoms with van der Waals surface area (Å²) in [5.74, 6) is -0.245. The van der Waals surface area contributed by atoms with E-state index in [0.29, 0.717) is 12.2 Å². The molecule has 0 aliphatic carbocycles. The Balaban J connectivity index is 1.49. The van der Waals surface area contributed by atoms with Gasteiger partial charge in [0.25, 0.3) is 5.91 Å². The van der Waals surface area contributed by atoms with E-state index in [0.717, 1.165) is 37.7 Å². The standard InChI is InChI=1S/C20H18BrN5OS/c1-12-19(21)13(2)26(25-12)11-14-5-3-6-15(9-14)22-20(27)17-10-16(23-24-17)18-7-4-8-28-18/h3-10H,11H2,1-2H3,(H,22,27)(H,23,24). The summed E-state index contributed by atoms with van der Waals surface area (Å²) >= 11 is 5.15. The fourth-order valence-corrected chi connectivity index (χ4v) is 3.92. The molecule has 3 heterocycles. The lowest BCUT2D eigenvalue weighted by atomic mass is 10.2. The highest BCUT2D eigenvalue weighted by molar-refractivity contribution is 9.10. The Morgan fingerprint density at radius 1 is 1.25 bits per heavy atom. The Kier molecular flexibility index (Phi) is 5.15. The zero-order valence-corrected chi connectivity index (χ0v) is 17.8. The molecular formula is C20H18BrN5OS. The fourth-order valence-electron chi connectivity index (χ4n) is 2.94. The number of aryl methyl sites for hydroxylation is 1. The normalized spacial score (nSPS) is 11.0. The minimum absolute atomic E-state index is 0.245. The summed E-state index contributed by atoms with van der Waals surface area (Å²) in [4.78, 5) is 13.6. The van der Waals surface area contributed by atoms with Crippen molar-refractivity contribution in [3.05, 3.63) is 75.0 Å². The molecule has 1 amide bonds. The molecule has 28 heavy (non-hydrogen) atoms. The number of thiophene rings is 1. The number of nitrogens with one attached hydrogen (secondary N) is 2. The summed E-state index contributed by atoms with van der Waals surface area (Å²) in [6.07, 6.45) is 0. The third-order valence-electron chi connectivity index (χ3n) is 4.41. The van der Waals surface area contributed by atoms with E-state index in [9.17, 15) is 4.79 Å². The number of H-pyrrole nitrogens is 1. The number of aromatic nitrogens is 4. The first kappa shape index (κ1) is 18.6. The van der Waals surface area contributed by atoms with Crippen LogP contribution < -0.4 is 5.32 Å². The molecule has 0 bridgehead atoms. The van der Waals surface area contributed by atoms with Crippen LogP contribution in [0.25, 0.3) is 10.6 Å². The van der Waals surface area contributed by atoms with Gasteiger partial charge in [-0.3, -0.25) is 14.6 Å². The zero-order valence-electron chi connectivity index (χ0n) is 15.4. The largest absolute Gasteiger partial charge is 0.321 e. The zero-order chi connectivity index (χ0) is 19.7. The van der Waals surface area contributed by atoms with Crippen LogP contribution in [-0.2, 0) is 6.54 Å². The van der Waals surface area contributed by atoms with Gasteiger partial charge in [-0.15, -0.1) is 11.3 Å². The number of halogens is 1. The summed E-state index contributed by atoms with van der Waals surface area (Å²) in [5.41, 5.74) is 5.01. The van der Waals surface area contributed by atoms with Crippen LogP contribution in [0.3, 0.4) is 0 Å². The third kappa shape index (κ3) is 3.79. The van der Waals surface area contributed by atoms with Crippen molar-refractivity contribution in [3.8, 4) is 10.6 Å². The van der Waals surface area contributed by atoms with Crippen molar-refractivity contribution >= 4 is 38.9 Å². The van der Waals surface area contributed by atoms with Crippen molar-refractivity contribution < 1.29 is 4.79 Å². The van der Waals surface area contributed by atoms with Crippen LogP contribution in [-0.4, -0.2) is 25.9 Å². The van der Waals surface area contributed by atoms with Crippen molar-refractivity contribution in [1.29, 1.82) is 0 Å². The van der Waals surface area contributed by atoms with Crippen LogP contribution in [0.5, 0.6) is 0 Å². The van der Waals surface area contributed by atoms with Crippen LogP contribution >= 0.6 is 27.3 Å². The molecule has 142 valence electrons. The van der Waals surface area contributed by atoms with Crippen molar-refractivity contribution in [2.24, 2.45) is 0 Å². The third-order valence-corrected chi connectivity index (χ3v) is 6.46. The maximum Gasteiger partial charge on any atom is 0.276 e. The number of hydrogen-bond acceptors (Lipinski definition) is 4. The Morgan fingerprint density at radius 3 is 2.82 bits per heavy atom. The first-order chi connectivity index (χ1) is 13.5. The molecule has 8 heteroatoms. The number of rotatable bonds is 5. The lowest BCUT2D eigenvalue weighted by Gasteiger charge is -2.08. The van der Waals surface area contributed by atoms with Crippen LogP contribution in [0.15, 0.2) is 52.3 Å². The molecule has 2 N–H and O–H groups in total. The molecule has 0 aliphatic rings. The topological polar surface area (TPSA) is 75.6 Å². The number of carbonyl (C=O) groups excluding carboxylic acids is 1. The molecule has 0 saturated carbocycles. The second-order valence-electron chi connectivity index (χ2n) is 6.44. The SMILES string of the molecule is Cc1nn(Cc2cccc(NC(=O)c3cc(-c4cccs4)[nH]n3)c2)c(C)c1Br. The molecule has 0 unspecified atom stereocenters. The average molecular weight is 456 g/mol. The van der Waals surface area contributed by atoms with E-state index in [1.54, 1.807) is 17.4 Å². The summed E-state index contributed by atoms with van der Waals surface area (Å²) in [5, 5.41) is 16.5. The van der Waals surface area contributed by atoms with Crippen molar-refractivity contribution in [2.75, 3.05) is 5.32 Å². The van der Waals surface area contributed by atoms with Crippen molar-refractivity contribution in [1.82, 2.24) is 20.0 Å². The van der Waals surface area contributed by atoms with Gasteiger partial charge in [0.2, 0.25) is 0 Å². The molecule has 0 fully saturated rings.